The molecule has 2 saturated heterocycles. The average molecular weight is 352 g/mol. The van der Waals surface area contributed by atoms with Gasteiger partial charge in [0.05, 0.1) is 29.9 Å². The highest BCUT2D eigenvalue weighted by atomic mass is 32.2. The molecular formula is C16H20N2O5S. The average Bonchev–Trinajstić information content (AvgIpc) is 3.02. The zero-order chi connectivity index (χ0) is 17.2. The number of piperidine rings is 1. The monoisotopic (exact) mass is 352 g/mol. The van der Waals surface area contributed by atoms with Crippen LogP contribution in [0.2, 0.25) is 0 Å². The number of carbonyl (C=O) groups excluding carboxylic acids is 1. The summed E-state index contributed by atoms with van der Waals surface area (Å²) in [5.41, 5.74) is 0.0480. The Kier molecular flexibility index (Phi) is 5.07. The number of hydrogen-bond acceptors (Lipinski definition) is 6. The molecule has 0 saturated carbocycles. The molecule has 2 aliphatic rings. The number of hydrogen-bond donors (Lipinski definition) is 0. The number of nitro benzene ring substituents is 1. The van der Waals surface area contributed by atoms with E-state index in [1.807, 2.05) is 6.92 Å². The summed E-state index contributed by atoms with van der Waals surface area (Å²) in [6, 6.07) is 6.26. The number of amides is 1. The molecule has 0 aromatic heterocycles. The van der Waals surface area contributed by atoms with E-state index in [1.165, 1.54) is 23.9 Å². The number of nitrogens with zero attached hydrogens (tertiary/aromatic N) is 2. The minimum absolute atomic E-state index is 0.0385. The van der Waals surface area contributed by atoms with Gasteiger partial charge in [0.15, 0.2) is 5.79 Å². The van der Waals surface area contributed by atoms with E-state index in [-0.39, 0.29) is 16.8 Å². The van der Waals surface area contributed by atoms with Gasteiger partial charge in [-0.1, -0.05) is 0 Å². The van der Waals surface area contributed by atoms with Crippen LogP contribution in [0.25, 0.3) is 0 Å². The molecule has 1 aromatic rings. The first kappa shape index (κ1) is 17.2. The van der Waals surface area contributed by atoms with Gasteiger partial charge in [0.25, 0.3) is 5.69 Å². The molecule has 7 nitrogen and oxygen atoms in total. The summed E-state index contributed by atoms with van der Waals surface area (Å²) < 4.78 is 11.4. The Morgan fingerprint density at radius 2 is 2.00 bits per heavy atom. The SMILES string of the molecule is C[C@H](Sc1ccc([N+](=O)[O-])cc1)C(=O)N1CCCC2(C1)OCCO2. The largest absolute Gasteiger partial charge is 0.346 e. The van der Waals surface area contributed by atoms with Gasteiger partial charge in [-0.15, -0.1) is 11.8 Å². The first-order valence-electron chi connectivity index (χ1n) is 7.97. The Morgan fingerprint density at radius 1 is 1.33 bits per heavy atom. The van der Waals surface area contributed by atoms with Crippen LogP contribution in [0.5, 0.6) is 0 Å². The second-order valence-electron chi connectivity index (χ2n) is 5.98. The van der Waals surface area contributed by atoms with Gasteiger partial charge in [-0.25, -0.2) is 0 Å². The summed E-state index contributed by atoms with van der Waals surface area (Å²) in [5, 5.41) is 10.4. The summed E-state index contributed by atoms with van der Waals surface area (Å²) in [6.45, 7) is 4.19. The Labute approximate surface area is 144 Å². The Morgan fingerprint density at radius 3 is 2.62 bits per heavy atom. The molecular weight excluding hydrogens is 332 g/mol. The smallest absolute Gasteiger partial charge is 0.269 e. The van der Waals surface area contributed by atoms with Crippen LogP contribution in [0.1, 0.15) is 19.8 Å². The van der Waals surface area contributed by atoms with Gasteiger partial charge in [-0.2, -0.15) is 0 Å². The number of non-ortho nitro benzene ring substituents is 1. The molecule has 0 aliphatic carbocycles. The fraction of sp³-hybridized carbons (Fsp3) is 0.562. The standard InChI is InChI=1S/C16H20N2O5S/c1-12(24-14-5-3-13(4-6-14)18(20)21)15(19)17-8-2-7-16(11-17)22-9-10-23-16/h3-6,12H,2,7-11H2,1H3/t12-/m0/s1. The maximum absolute atomic E-state index is 12.7. The van der Waals surface area contributed by atoms with Crippen LogP contribution in [0, 0.1) is 10.1 Å². The van der Waals surface area contributed by atoms with Crippen molar-refractivity contribution >= 4 is 23.4 Å². The second kappa shape index (κ2) is 7.08. The number of nitro groups is 1. The number of carbonyl (C=O) groups is 1. The van der Waals surface area contributed by atoms with Crippen LogP contribution in [-0.2, 0) is 14.3 Å². The minimum atomic E-state index is -0.619. The van der Waals surface area contributed by atoms with E-state index in [1.54, 1.807) is 17.0 Å². The van der Waals surface area contributed by atoms with Crippen molar-refractivity contribution in [2.24, 2.45) is 0 Å². The van der Waals surface area contributed by atoms with Crippen molar-refractivity contribution in [3.05, 3.63) is 34.4 Å². The summed E-state index contributed by atoms with van der Waals surface area (Å²) in [4.78, 5) is 25.6. The van der Waals surface area contributed by atoms with E-state index in [0.29, 0.717) is 26.3 Å². The third-order valence-corrected chi connectivity index (χ3v) is 5.35. The van der Waals surface area contributed by atoms with Gasteiger partial charge in [-0.05, 0) is 25.5 Å². The fourth-order valence-electron chi connectivity index (χ4n) is 3.07. The lowest BCUT2D eigenvalue weighted by atomic mass is 10.0. The lowest BCUT2D eigenvalue weighted by molar-refractivity contribution is -0.384. The third kappa shape index (κ3) is 3.71. The number of thioether (sulfide) groups is 1. The molecule has 2 fully saturated rings. The molecule has 8 heteroatoms. The quantitative estimate of drug-likeness (QED) is 0.470. The van der Waals surface area contributed by atoms with Crippen molar-refractivity contribution in [3.8, 4) is 0 Å². The van der Waals surface area contributed by atoms with Gasteiger partial charge in [0.1, 0.15) is 0 Å². The molecule has 1 amide bonds. The highest BCUT2D eigenvalue weighted by Gasteiger charge is 2.42. The predicted molar refractivity (Wildman–Crippen MR) is 88.9 cm³/mol. The molecule has 1 spiro atoms. The van der Waals surface area contributed by atoms with E-state index < -0.39 is 10.7 Å². The summed E-state index contributed by atoms with van der Waals surface area (Å²) >= 11 is 1.40. The second-order valence-corrected chi connectivity index (χ2v) is 7.40. The van der Waals surface area contributed by atoms with Crippen molar-refractivity contribution in [1.82, 2.24) is 4.90 Å². The van der Waals surface area contributed by atoms with E-state index >= 15 is 0 Å². The zero-order valence-corrected chi connectivity index (χ0v) is 14.3. The van der Waals surface area contributed by atoms with Gasteiger partial charge in [0, 0.05) is 30.0 Å². The highest BCUT2D eigenvalue weighted by molar-refractivity contribution is 8.00. The van der Waals surface area contributed by atoms with Crippen LogP contribution in [0.4, 0.5) is 5.69 Å². The van der Waals surface area contributed by atoms with E-state index in [2.05, 4.69) is 0 Å². The van der Waals surface area contributed by atoms with E-state index in [4.69, 9.17) is 9.47 Å². The van der Waals surface area contributed by atoms with Crippen LogP contribution < -0.4 is 0 Å². The van der Waals surface area contributed by atoms with Crippen LogP contribution in [0.3, 0.4) is 0 Å². The highest BCUT2D eigenvalue weighted by Crippen LogP contribution is 2.32. The summed E-state index contributed by atoms with van der Waals surface area (Å²) in [6.07, 6.45) is 1.68. The van der Waals surface area contributed by atoms with E-state index in [9.17, 15) is 14.9 Å². The zero-order valence-electron chi connectivity index (χ0n) is 13.5. The van der Waals surface area contributed by atoms with Crippen molar-refractivity contribution < 1.29 is 19.2 Å². The molecule has 0 radical (unpaired) electrons. The lowest BCUT2D eigenvalue weighted by Crippen LogP contribution is -2.52. The Balaban J connectivity index is 1.60. The van der Waals surface area contributed by atoms with Gasteiger partial charge >= 0.3 is 0 Å². The van der Waals surface area contributed by atoms with Crippen molar-refractivity contribution in [1.29, 1.82) is 0 Å². The van der Waals surface area contributed by atoms with Crippen LogP contribution in [0.15, 0.2) is 29.2 Å². The maximum atomic E-state index is 12.7. The molecule has 0 bridgehead atoms. The molecule has 130 valence electrons. The van der Waals surface area contributed by atoms with Crippen molar-refractivity contribution in [2.45, 2.75) is 35.7 Å². The summed E-state index contributed by atoms with van der Waals surface area (Å²) in [5.74, 6) is -0.581. The van der Waals surface area contributed by atoms with Gasteiger partial charge < -0.3 is 14.4 Å². The van der Waals surface area contributed by atoms with Crippen LogP contribution in [-0.4, -0.2) is 53.1 Å². The number of ether oxygens (including phenoxy) is 2. The molecule has 2 heterocycles. The van der Waals surface area contributed by atoms with Crippen molar-refractivity contribution in [2.75, 3.05) is 26.3 Å². The van der Waals surface area contributed by atoms with Gasteiger partial charge in [0.2, 0.25) is 5.91 Å². The minimum Gasteiger partial charge on any atom is -0.346 e. The Bertz CT molecular complexity index is 615. The topological polar surface area (TPSA) is 81.9 Å². The lowest BCUT2D eigenvalue weighted by Gasteiger charge is -2.39. The maximum Gasteiger partial charge on any atom is 0.269 e. The van der Waals surface area contributed by atoms with E-state index in [0.717, 1.165) is 17.7 Å². The fourth-order valence-corrected chi connectivity index (χ4v) is 4.02. The van der Waals surface area contributed by atoms with Crippen LogP contribution >= 0.6 is 11.8 Å². The molecule has 1 aromatic carbocycles. The molecule has 1 atom stereocenters. The molecule has 3 rings (SSSR count). The summed E-state index contributed by atoms with van der Waals surface area (Å²) in [7, 11) is 0. The molecule has 0 unspecified atom stereocenters. The molecule has 24 heavy (non-hydrogen) atoms. The van der Waals surface area contributed by atoms with Crippen molar-refractivity contribution in [3.63, 3.8) is 0 Å². The number of rotatable bonds is 4. The third-order valence-electron chi connectivity index (χ3n) is 4.25. The first-order valence-corrected chi connectivity index (χ1v) is 8.85. The number of benzene rings is 1. The number of likely N-dealkylation sites (tertiary alicyclic amines) is 1. The van der Waals surface area contributed by atoms with Gasteiger partial charge in [-0.3, -0.25) is 14.9 Å². The Hall–Kier alpha value is -1.64. The first-order chi connectivity index (χ1) is 11.5. The normalized spacial score (nSPS) is 21.0. The molecule has 2 aliphatic heterocycles. The molecule has 0 N–H and O–H groups in total. The predicted octanol–water partition coefficient (Wildman–Crippen LogP) is 2.44.